The van der Waals surface area contributed by atoms with Crippen LogP contribution in [0.15, 0.2) is 11.4 Å². The molecule has 3 rings (SSSR count). The van der Waals surface area contributed by atoms with E-state index in [9.17, 15) is 4.79 Å². The number of nitrogens with zero attached hydrogens (tertiary/aromatic N) is 1. The van der Waals surface area contributed by atoms with Crippen molar-refractivity contribution in [2.24, 2.45) is 5.73 Å². The topological polar surface area (TPSA) is 46.3 Å². The van der Waals surface area contributed by atoms with Crippen LogP contribution in [-0.2, 0) is 11.2 Å². The van der Waals surface area contributed by atoms with Crippen LogP contribution in [0.25, 0.3) is 0 Å². The highest BCUT2D eigenvalue weighted by Gasteiger charge is 2.33. The number of likely N-dealkylation sites (N-methyl/N-ethyl adjacent to an activating group) is 1. The van der Waals surface area contributed by atoms with Crippen LogP contribution in [-0.4, -0.2) is 29.9 Å². The maximum absolute atomic E-state index is 12.8. The summed E-state index contributed by atoms with van der Waals surface area (Å²) in [5.41, 5.74) is 7.26. The van der Waals surface area contributed by atoms with E-state index < -0.39 is 0 Å². The fourth-order valence-electron chi connectivity index (χ4n) is 3.66. The van der Waals surface area contributed by atoms with Gasteiger partial charge in [-0.05, 0) is 62.0 Å². The van der Waals surface area contributed by atoms with Gasteiger partial charge in [-0.1, -0.05) is 0 Å². The first kappa shape index (κ1) is 14.1. The van der Waals surface area contributed by atoms with E-state index in [1.165, 1.54) is 10.4 Å². The highest BCUT2D eigenvalue weighted by atomic mass is 32.1. The molecule has 1 amide bonds. The number of carbonyl (C=O) groups is 1. The van der Waals surface area contributed by atoms with Crippen LogP contribution in [0.5, 0.6) is 0 Å². The molecule has 2 N–H and O–H groups in total. The lowest BCUT2D eigenvalue weighted by Gasteiger charge is -2.36. The molecular weight excluding hydrogens is 268 g/mol. The average Bonchev–Trinajstić information content (AvgIpc) is 2.95. The average molecular weight is 292 g/mol. The molecule has 0 aliphatic heterocycles. The second-order valence-electron chi connectivity index (χ2n) is 6.26. The Morgan fingerprint density at radius 3 is 2.80 bits per heavy atom. The summed E-state index contributed by atoms with van der Waals surface area (Å²) in [6.45, 7) is 0. The molecule has 1 unspecified atom stereocenters. The lowest BCUT2D eigenvalue weighted by molar-refractivity contribution is -0.134. The molecule has 110 valence electrons. The molecule has 1 aromatic rings. The Morgan fingerprint density at radius 2 is 2.05 bits per heavy atom. The van der Waals surface area contributed by atoms with Crippen molar-refractivity contribution < 1.29 is 4.79 Å². The van der Waals surface area contributed by atoms with Crippen molar-refractivity contribution in [2.45, 2.75) is 62.9 Å². The maximum atomic E-state index is 12.8. The Kier molecular flexibility index (Phi) is 4.13. The summed E-state index contributed by atoms with van der Waals surface area (Å²) >= 11 is 1.81. The molecule has 20 heavy (non-hydrogen) atoms. The fourth-order valence-corrected chi connectivity index (χ4v) is 4.65. The Labute approximate surface area is 125 Å². The number of fused-ring (bicyclic) bond motifs is 1. The van der Waals surface area contributed by atoms with Crippen LogP contribution in [0.2, 0.25) is 0 Å². The van der Waals surface area contributed by atoms with Gasteiger partial charge in [0.05, 0.1) is 5.92 Å². The van der Waals surface area contributed by atoms with Crippen molar-refractivity contribution in [3.63, 3.8) is 0 Å². The second kappa shape index (κ2) is 5.86. The van der Waals surface area contributed by atoms with E-state index in [1.807, 2.05) is 11.9 Å². The van der Waals surface area contributed by atoms with E-state index in [0.717, 1.165) is 44.9 Å². The van der Waals surface area contributed by atoms with Crippen molar-refractivity contribution in [1.82, 2.24) is 4.90 Å². The third-order valence-electron chi connectivity index (χ3n) is 4.99. The van der Waals surface area contributed by atoms with Gasteiger partial charge >= 0.3 is 0 Å². The number of aryl methyl sites for hydroxylation is 1. The molecule has 2 aliphatic carbocycles. The SMILES string of the molecule is CN(C(=O)C1CCCc2sccc21)C1CCC(N)CC1. The molecule has 1 fully saturated rings. The monoisotopic (exact) mass is 292 g/mol. The molecule has 2 aliphatic rings. The largest absolute Gasteiger partial charge is 0.342 e. The Bertz CT molecular complexity index is 477. The van der Waals surface area contributed by atoms with Gasteiger partial charge in [0.2, 0.25) is 5.91 Å². The molecule has 0 bridgehead atoms. The third-order valence-corrected chi connectivity index (χ3v) is 5.98. The molecule has 3 nitrogen and oxygen atoms in total. The number of carbonyl (C=O) groups excluding carboxylic acids is 1. The maximum Gasteiger partial charge on any atom is 0.230 e. The number of hydrogen-bond acceptors (Lipinski definition) is 3. The van der Waals surface area contributed by atoms with E-state index in [1.54, 1.807) is 11.3 Å². The van der Waals surface area contributed by atoms with Crippen LogP contribution < -0.4 is 5.73 Å². The Balaban J connectivity index is 1.70. The molecule has 1 heterocycles. The summed E-state index contributed by atoms with van der Waals surface area (Å²) in [5, 5.41) is 2.13. The summed E-state index contributed by atoms with van der Waals surface area (Å²) in [7, 11) is 1.99. The van der Waals surface area contributed by atoms with Gasteiger partial charge in [0, 0.05) is 24.0 Å². The summed E-state index contributed by atoms with van der Waals surface area (Å²) in [6, 6.07) is 2.89. The van der Waals surface area contributed by atoms with E-state index in [-0.39, 0.29) is 5.92 Å². The minimum Gasteiger partial charge on any atom is -0.342 e. The second-order valence-corrected chi connectivity index (χ2v) is 7.26. The minimum absolute atomic E-state index is 0.102. The highest BCUT2D eigenvalue weighted by molar-refractivity contribution is 7.10. The molecule has 0 radical (unpaired) electrons. The van der Waals surface area contributed by atoms with Gasteiger partial charge in [0.25, 0.3) is 0 Å². The normalized spacial score (nSPS) is 29.8. The quantitative estimate of drug-likeness (QED) is 0.911. The van der Waals surface area contributed by atoms with Crippen molar-refractivity contribution in [3.05, 3.63) is 21.9 Å². The molecule has 0 spiro atoms. The zero-order valence-electron chi connectivity index (χ0n) is 12.2. The molecular formula is C16H24N2OS. The van der Waals surface area contributed by atoms with Gasteiger partial charge < -0.3 is 10.6 Å². The van der Waals surface area contributed by atoms with Crippen molar-refractivity contribution in [2.75, 3.05) is 7.05 Å². The summed E-state index contributed by atoms with van der Waals surface area (Å²) in [4.78, 5) is 16.3. The van der Waals surface area contributed by atoms with Gasteiger partial charge in [0.1, 0.15) is 0 Å². The van der Waals surface area contributed by atoms with Gasteiger partial charge in [-0.15, -0.1) is 11.3 Å². The predicted octanol–water partition coefficient (Wildman–Crippen LogP) is 2.90. The zero-order chi connectivity index (χ0) is 14.1. The van der Waals surface area contributed by atoms with E-state index >= 15 is 0 Å². The molecule has 4 heteroatoms. The summed E-state index contributed by atoms with van der Waals surface area (Å²) in [6.07, 6.45) is 7.54. The van der Waals surface area contributed by atoms with Crippen molar-refractivity contribution >= 4 is 17.2 Å². The van der Waals surface area contributed by atoms with Crippen LogP contribution in [0, 0.1) is 0 Å². The number of amides is 1. The number of nitrogens with two attached hydrogens (primary N) is 1. The lowest BCUT2D eigenvalue weighted by atomic mass is 9.85. The highest BCUT2D eigenvalue weighted by Crippen LogP contribution is 2.36. The standard InChI is InChI=1S/C16H24N2OS/c1-18(12-7-5-11(17)6-8-12)16(19)14-3-2-4-15-13(14)9-10-20-15/h9-12,14H,2-8,17H2,1H3. The van der Waals surface area contributed by atoms with E-state index in [4.69, 9.17) is 5.73 Å². The first-order valence-corrected chi connectivity index (χ1v) is 8.63. The zero-order valence-corrected chi connectivity index (χ0v) is 13.0. The van der Waals surface area contributed by atoms with E-state index in [0.29, 0.717) is 18.0 Å². The van der Waals surface area contributed by atoms with Crippen LogP contribution in [0.3, 0.4) is 0 Å². The summed E-state index contributed by atoms with van der Waals surface area (Å²) < 4.78 is 0. The van der Waals surface area contributed by atoms with Crippen LogP contribution >= 0.6 is 11.3 Å². The Morgan fingerprint density at radius 1 is 1.30 bits per heavy atom. The Hall–Kier alpha value is -0.870. The van der Waals surface area contributed by atoms with Crippen molar-refractivity contribution in [1.29, 1.82) is 0 Å². The molecule has 1 saturated carbocycles. The lowest BCUT2D eigenvalue weighted by Crippen LogP contribution is -2.44. The van der Waals surface area contributed by atoms with Crippen LogP contribution in [0.1, 0.15) is 54.9 Å². The van der Waals surface area contributed by atoms with Gasteiger partial charge in [0.15, 0.2) is 0 Å². The number of hydrogen-bond donors (Lipinski definition) is 1. The number of thiophene rings is 1. The van der Waals surface area contributed by atoms with E-state index in [2.05, 4.69) is 11.4 Å². The molecule has 1 aromatic heterocycles. The summed E-state index contributed by atoms with van der Waals surface area (Å²) in [5.74, 6) is 0.426. The molecule has 0 aromatic carbocycles. The smallest absolute Gasteiger partial charge is 0.230 e. The fraction of sp³-hybridized carbons (Fsp3) is 0.688. The van der Waals surface area contributed by atoms with Gasteiger partial charge in [-0.3, -0.25) is 4.79 Å². The van der Waals surface area contributed by atoms with Gasteiger partial charge in [-0.25, -0.2) is 0 Å². The van der Waals surface area contributed by atoms with Gasteiger partial charge in [-0.2, -0.15) is 0 Å². The van der Waals surface area contributed by atoms with Crippen LogP contribution in [0.4, 0.5) is 0 Å². The molecule has 0 saturated heterocycles. The first-order chi connectivity index (χ1) is 9.66. The first-order valence-electron chi connectivity index (χ1n) is 7.75. The predicted molar refractivity (Wildman–Crippen MR) is 83.0 cm³/mol. The molecule has 1 atom stereocenters. The minimum atomic E-state index is 0.102. The van der Waals surface area contributed by atoms with Crippen molar-refractivity contribution in [3.8, 4) is 0 Å². The third kappa shape index (κ3) is 2.63. The number of rotatable bonds is 2.